The molecule has 3 nitrogen and oxygen atoms in total. The maximum atomic E-state index is 5.89. The molecule has 3 heterocycles. The molecule has 0 bridgehead atoms. The predicted molar refractivity (Wildman–Crippen MR) is 75.2 cm³/mol. The number of anilines is 1. The van der Waals surface area contributed by atoms with Crippen molar-refractivity contribution in [1.29, 1.82) is 0 Å². The standard InChI is InChI=1S/C14H20ClN3/c15-12-5-6-14(17-9-12)18-8-2-3-11(10-18)13-4-1-7-16-13/h5-6,9,11,13,16H,1-4,7-8,10H2. The Hall–Kier alpha value is -0.800. The van der Waals surface area contributed by atoms with Crippen LogP contribution in [0.5, 0.6) is 0 Å². The van der Waals surface area contributed by atoms with E-state index in [1.807, 2.05) is 12.1 Å². The number of nitrogens with zero attached hydrogens (tertiary/aromatic N) is 2. The lowest BCUT2D eigenvalue weighted by molar-refractivity contribution is 0.328. The lowest BCUT2D eigenvalue weighted by Crippen LogP contribution is -2.43. The van der Waals surface area contributed by atoms with E-state index in [0.717, 1.165) is 30.9 Å². The van der Waals surface area contributed by atoms with Crippen LogP contribution in [0.25, 0.3) is 0 Å². The Morgan fingerprint density at radius 1 is 1.28 bits per heavy atom. The Morgan fingerprint density at radius 3 is 2.94 bits per heavy atom. The smallest absolute Gasteiger partial charge is 0.128 e. The molecular weight excluding hydrogens is 246 g/mol. The lowest BCUT2D eigenvalue weighted by atomic mass is 9.90. The van der Waals surface area contributed by atoms with Crippen molar-refractivity contribution in [3.63, 3.8) is 0 Å². The van der Waals surface area contributed by atoms with Crippen LogP contribution in [0.1, 0.15) is 25.7 Å². The molecule has 0 amide bonds. The number of pyridine rings is 1. The summed E-state index contributed by atoms with van der Waals surface area (Å²) in [6.45, 7) is 3.45. The monoisotopic (exact) mass is 265 g/mol. The third kappa shape index (κ3) is 2.62. The first-order chi connectivity index (χ1) is 8.83. The van der Waals surface area contributed by atoms with E-state index in [-0.39, 0.29) is 0 Å². The largest absolute Gasteiger partial charge is 0.356 e. The summed E-state index contributed by atoms with van der Waals surface area (Å²) in [6.07, 6.45) is 7.04. The second-order valence-electron chi connectivity index (χ2n) is 5.39. The average molecular weight is 266 g/mol. The summed E-state index contributed by atoms with van der Waals surface area (Å²) in [7, 11) is 0. The van der Waals surface area contributed by atoms with Crippen molar-refractivity contribution in [3.8, 4) is 0 Å². The van der Waals surface area contributed by atoms with Crippen LogP contribution in [0.2, 0.25) is 5.02 Å². The molecule has 2 atom stereocenters. The Labute approximate surface area is 114 Å². The van der Waals surface area contributed by atoms with Gasteiger partial charge in [0.05, 0.1) is 5.02 Å². The number of rotatable bonds is 2. The predicted octanol–water partition coefficient (Wildman–Crippen LogP) is 2.70. The number of hydrogen-bond acceptors (Lipinski definition) is 3. The third-order valence-corrected chi connectivity index (χ3v) is 4.38. The number of hydrogen-bond donors (Lipinski definition) is 1. The van der Waals surface area contributed by atoms with Gasteiger partial charge in [0.15, 0.2) is 0 Å². The first-order valence-electron chi connectivity index (χ1n) is 6.93. The molecule has 0 saturated carbocycles. The molecule has 1 aromatic rings. The van der Waals surface area contributed by atoms with E-state index in [4.69, 9.17) is 11.6 Å². The Morgan fingerprint density at radius 2 is 2.22 bits per heavy atom. The molecule has 3 rings (SSSR count). The summed E-state index contributed by atoms with van der Waals surface area (Å²) >= 11 is 5.89. The van der Waals surface area contributed by atoms with Crippen molar-refractivity contribution in [2.24, 2.45) is 5.92 Å². The Balaban J connectivity index is 1.67. The highest BCUT2D eigenvalue weighted by atomic mass is 35.5. The zero-order valence-corrected chi connectivity index (χ0v) is 11.4. The summed E-state index contributed by atoms with van der Waals surface area (Å²) in [5.41, 5.74) is 0. The highest BCUT2D eigenvalue weighted by Gasteiger charge is 2.29. The minimum Gasteiger partial charge on any atom is -0.356 e. The van der Waals surface area contributed by atoms with Gasteiger partial charge < -0.3 is 10.2 Å². The zero-order chi connectivity index (χ0) is 12.4. The van der Waals surface area contributed by atoms with Gasteiger partial charge in [-0.3, -0.25) is 0 Å². The minimum absolute atomic E-state index is 0.713. The summed E-state index contributed by atoms with van der Waals surface area (Å²) in [5, 5.41) is 4.35. The van der Waals surface area contributed by atoms with E-state index in [0.29, 0.717) is 5.02 Å². The van der Waals surface area contributed by atoms with E-state index in [9.17, 15) is 0 Å². The third-order valence-electron chi connectivity index (χ3n) is 4.16. The Bertz CT molecular complexity index is 387. The van der Waals surface area contributed by atoms with E-state index >= 15 is 0 Å². The summed E-state index contributed by atoms with van der Waals surface area (Å²) < 4.78 is 0. The molecule has 2 aliphatic rings. The van der Waals surface area contributed by atoms with Crippen LogP contribution in [0.4, 0.5) is 5.82 Å². The molecule has 2 fully saturated rings. The molecule has 2 aliphatic heterocycles. The molecule has 0 radical (unpaired) electrons. The molecule has 1 aromatic heterocycles. The summed E-state index contributed by atoms with van der Waals surface area (Å²) in [5.74, 6) is 1.85. The van der Waals surface area contributed by atoms with E-state index in [1.165, 1.54) is 32.2 Å². The molecule has 1 N–H and O–H groups in total. The SMILES string of the molecule is Clc1ccc(N2CCCC(C3CCCN3)C2)nc1. The van der Waals surface area contributed by atoms with Crippen LogP contribution in [0.15, 0.2) is 18.3 Å². The van der Waals surface area contributed by atoms with Crippen LogP contribution >= 0.6 is 11.6 Å². The van der Waals surface area contributed by atoms with Crippen molar-refractivity contribution in [2.75, 3.05) is 24.5 Å². The Kier molecular flexibility index (Phi) is 3.71. The van der Waals surface area contributed by atoms with Crippen LogP contribution in [0, 0.1) is 5.92 Å². The fourth-order valence-electron chi connectivity index (χ4n) is 3.22. The van der Waals surface area contributed by atoms with Gasteiger partial charge in [0, 0.05) is 25.3 Å². The maximum absolute atomic E-state index is 5.89. The highest BCUT2D eigenvalue weighted by Crippen LogP contribution is 2.27. The van der Waals surface area contributed by atoms with E-state index < -0.39 is 0 Å². The molecule has 4 heteroatoms. The lowest BCUT2D eigenvalue weighted by Gasteiger charge is -2.36. The molecule has 0 spiro atoms. The van der Waals surface area contributed by atoms with Gasteiger partial charge in [-0.25, -0.2) is 4.98 Å². The van der Waals surface area contributed by atoms with Gasteiger partial charge >= 0.3 is 0 Å². The van der Waals surface area contributed by atoms with Gasteiger partial charge in [0.2, 0.25) is 0 Å². The van der Waals surface area contributed by atoms with Crippen molar-refractivity contribution >= 4 is 17.4 Å². The summed E-state index contributed by atoms with van der Waals surface area (Å²) in [6, 6.07) is 4.69. The van der Waals surface area contributed by atoms with Crippen molar-refractivity contribution in [2.45, 2.75) is 31.7 Å². The molecule has 0 aromatic carbocycles. The van der Waals surface area contributed by atoms with Crippen molar-refractivity contribution < 1.29 is 0 Å². The topological polar surface area (TPSA) is 28.2 Å². The second kappa shape index (κ2) is 5.45. The fraction of sp³-hybridized carbons (Fsp3) is 0.643. The molecule has 2 saturated heterocycles. The fourth-order valence-corrected chi connectivity index (χ4v) is 3.33. The van der Waals surface area contributed by atoms with Crippen molar-refractivity contribution in [3.05, 3.63) is 23.4 Å². The minimum atomic E-state index is 0.713. The van der Waals surface area contributed by atoms with Gasteiger partial charge in [0.1, 0.15) is 5.82 Å². The van der Waals surface area contributed by atoms with E-state index in [2.05, 4.69) is 15.2 Å². The first-order valence-corrected chi connectivity index (χ1v) is 7.30. The average Bonchev–Trinajstić information content (AvgIpc) is 2.94. The molecule has 2 unspecified atom stereocenters. The van der Waals surface area contributed by atoms with Crippen LogP contribution in [-0.2, 0) is 0 Å². The van der Waals surface area contributed by atoms with Gasteiger partial charge in [-0.15, -0.1) is 0 Å². The molecule has 18 heavy (non-hydrogen) atoms. The molecule has 0 aliphatic carbocycles. The van der Waals surface area contributed by atoms with E-state index in [1.54, 1.807) is 6.20 Å². The number of piperidine rings is 1. The van der Waals surface area contributed by atoms with Gasteiger partial charge in [-0.1, -0.05) is 11.6 Å². The maximum Gasteiger partial charge on any atom is 0.128 e. The van der Waals surface area contributed by atoms with Gasteiger partial charge in [0.25, 0.3) is 0 Å². The quantitative estimate of drug-likeness (QED) is 0.891. The van der Waals surface area contributed by atoms with Crippen LogP contribution in [0.3, 0.4) is 0 Å². The van der Waals surface area contributed by atoms with Crippen molar-refractivity contribution in [1.82, 2.24) is 10.3 Å². The number of aromatic nitrogens is 1. The molecular formula is C14H20ClN3. The number of halogens is 1. The van der Waals surface area contributed by atoms with Gasteiger partial charge in [-0.2, -0.15) is 0 Å². The summed E-state index contributed by atoms with van der Waals surface area (Å²) in [4.78, 5) is 6.84. The number of nitrogens with one attached hydrogen (secondary N) is 1. The van der Waals surface area contributed by atoms with Gasteiger partial charge in [-0.05, 0) is 50.3 Å². The molecule has 98 valence electrons. The zero-order valence-electron chi connectivity index (χ0n) is 10.6. The first kappa shape index (κ1) is 12.2. The highest BCUT2D eigenvalue weighted by molar-refractivity contribution is 6.30. The van der Waals surface area contributed by atoms with Crippen LogP contribution in [-0.4, -0.2) is 30.7 Å². The second-order valence-corrected chi connectivity index (χ2v) is 5.82. The normalized spacial score (nSPS) is 28.6. The van der Waals surface area contributed by atoms with Crippen LogP contribution < -0.4 is 10.2 Å².